The smallest absolute Gasteiger partial charge is 0.239 e. The number of carbonyl (C=O) groups excluding carboxylic acids is 1. The van der Waals surface area contributed by atoms with Crippen LogP contribution in [-0.2, 0) is 22.5 Å². The largest absolute Gasteiger partial charge is 0.378 e. The van der Waals surface area contributed by atoms with Crippen LogP contribution >= 0.6 is 0 Å². The van der Waals surface area contributed by atoms with Crippen molar-refractivity contribution in [1.82, 2.24) is 9.80 Å². The highest BCUT2D eigenvalue weighted by atomic mass is 16.5. The van der Waals surface area contributed by atoms with Crippen LogP contribution in [0.25, 0.3) is 0 Å². The van der Waals surface area contributed by atoms with Gasteiger partial charge in [0.15, 0.2) is 0 Å². The number of fused-ring (bicyclic) bond motifs is 1. The summed E-state index contributed by atoms with van der Waals surface area (Å²) in [5.74, 6) is 0.850. The van der Waals surface area contributed by atoms with Crippen LogP contribution in [0.3, 0.4) is 0 Å². The Hall–Kier alpha value is -1.39. The average molecular weight is 344 g/mol. The standard InChI is InChI=1S/C21H32N2O2/c1-16(2)15-25-20-9-12-22(13-10-20)21(24)17(3)23-11-8-18-6-4-5-7-19(18)14-23/h4-7,16-17,20H,8-15H2,1-3H3. The van der Waals surface area contributed by atoms with Gasteiger partial charge in [0.2, 0.25) is 5.91 Å². The highest BCUT2D eigenvalue weighted by Gasteiger charge is 2.31. The maximum atomic E-state index is 12.9. The maximum Gasteiger partial charge on any atom is 0.239 e. The third-order valence-electron chi connectivity index (χ3n) is 5.48. The van der Waals surface area contributed by atoms with E-state index in [-0.39, 0.29) is 11.9 Å². The lowest BCUT2D eigenvalue weighted by Crippen LogP contribution is -2.51. The zero-order chi connectivity index (χ0) is 17.8. The third kappa shape index (κ3) is 4.62. The monoisotopic (exact) mass is 344 g/mol. The number of hydrogen-bond acceptors (Lipinski definition) is 3. The molecule has 0 spiro atoms. The van der Waals surface area contributed by atoms with Gasteiger partial charge in [-0.1, -0.05) is 38.1 Å². The zero-order valence-corrected chi connectivity index (χ0v) is 15.9. The normalized spacial score (nSPS) is 20.6. The lowest BCUT2D eigenvalue weighted by molar-refractivity contribution is -0.139. The highest BCUT2D eigenvalue weighted by Crippen LogP contribution is 2.22. The van der Waals surface area contributed by atoms with Crippen LogP contribution in [0.15, 0.2) is 24.3 Å². The molecule has 1 fully saturated rings. The minimum atomic E-state index is -0.0403. The molecule has 2 aliphatic heterocycles. The van der Waals surface area contributed by atoms with E-state index in [1.807, 2.05) is 4.90 Å². The van der Waals surface area contributed by atoms with E-state index in [2.05, 4.69) is 49.9 Å². The molecule has 1 amide bonds. The van der Waals surface area contributed by atoms with Crippen molar-refractivity contribution in [3.8, 4) is 0 Å². The fourth-order valence-corrected chi connectivity index (χ4v) is 3.84. The molecular formula is C21H32N2O2. The van der Waals surface area contributed by atoms with E-state index in [0.29, 0.717) is 12.0 Å². The van der Waals surface area contributed by atoms with E-state index >= 15 is 0 Å². The van der Waals surface area contributed by atoms with Crippen molar-refractivity contribution in [2.45, 2.75) is 58.7 Å². The summed E-state index contributed by atoms with van der Waals surface area (Å²) in [5.41, 5.74) is 2.80. The Balaban J connectivity index is 1.50. The topological polar surface area (TPSA) is 32.8 Å². The van der Waals surface area contributed by atoms with E-state index in [1.165, 1.54) is 11.1 Å². The second kappa shape index (κ2) is 8.33. The first kappa shape index (κ1) is 18.4. The van der Waals surface area contributed by atoms with Gasteiger partial charge in [-0.3, -0.25) is 9.69 Å². The number of rotatable bonds is 5. The number of hydrogen-bond donors (Lipinski definition) is 0. The Morgan fingerprint density at radius 2 is 1.80 bits per heavy atom. The second-order valence-corrected chi connectivity index (χ2v) is 7.92. The molecule has 1 unspecified atom stereocenters. The van der Waals surface area contributed by atoms with Gasteiger partial charge in [-0.25, -0.2) is 0 Å². The molecule has 3 rings (SSSR count). The molecule has 1 saturated heterocycles. The lowest BCUT2D eigenvalue weighted by atomic mass is 9.98. The Kier molecular flexibility index (Phi) is 6.13. The number of ether oxygens (including phenoxy) is 1. The Bertz CT molecular complexity index is 579. The molecule has 4 heteroatoms. The summed E-state index contributed by atoms with van der Waals surface area (Å²) in [4.78, 5) is 17.3. The van der Waals surface area contributed by atoms with E-state index in [4.69, 9.17) is 4.74 Å². The molecule has 1 atom stereocenters. The van der Waals surface area contributed by atoms with Crippen molar-refractivity contribution in [3.05, 3.63) is 35.4 Å². The molecule has 4 nitrogen and oxygen atoms in total. The minimum absolute atomic E-state index is 0.0403. The molecule has 1 aromatic rings. The molecule has 138 valence electrons. The Morgan fingerprint density at radius 1 is 1.12 bits per heavy atom. The molecule has 2 heterocycles. The highest BCUT2D eigenvalue weighted by molar-refractivity contribution is 5.81. The van der Waals surface area contributed by atoms with Crippen LogP contribution in [0.2, 0.25) is 0 Å². The summed E-state index contributed by atoms with van der Waals surface area (Å²) in [6.07, 6.45) is 3.30. The predicted octanol–water partition coefficient (Wildman–Crippen LogP) is 3.10. The predicted molar refractivity (Wildman–Crippen MR) is 100 cm³/mol. The first-order valence-electron chi connectivity index (χ1n) is 9.76. The molecule has 0 aromatic heterocycles. The Morgan fingerprint density at radius 3 is 2.48 bits per heavy atom. The number of likely N-dealkylation sites (tertiary alicyclic amines) is 1. The molecule has 2 aliphatic rings. The summed E-state index contributed by atoms with van der Waals surface area (Å²) in [5, 5.41) is 0. The summed E-state index contributed by atoms with van der Waals surface area (Å²) in [7, 11) is 0. The van der Waals surface area contributed by atoms with Crippen molar-refractivity contribution in [2.24, 2.45) is 5.92 Å². The van der Waals surface area contributed by atoms with Gasteiger partial charge in [0.05, 0.1) is 12.1 Å². The van der Waals surface area contributed by atoms with E-state index in [0.717, 1.165) is 52.0 Å². The van der Waals surface area contributed by atoms with Crippen molar-refractivity contribution < 1.29 is 9.53 Å². The number of piperidine rings is 1. The van der Waals surface area contributed by atoms with Gasteiger partial charge < -0.3 is 9.64 Å². The summed E-state index contributed by atoms with van der Waals surface area (Å²) in [6.45, 7) is 10.8. The number of benzene rings is 1. The van der Waals surface area contributed by atoms with E-state index < -0.39 is 0 Å². The number of carbonyl (C=O) groups is 1. The minimum Gasteiger partial charge on any atom is -0.378 e. The van der Waals surface area contributed by atoms with Crippen LogP contribution in [-0.4, -0.2) is 54.1 Å². The van der Waals surface area contributed by atoms with Crippen molar-refractivity contribution in [3.63, 3.8) is 0 Å². The molecule has 0 saturated carbocycles. The van der Waals surface area contributed by atoms with Crippen LogP contribution < -0.4 is 0 Å². The SMILES string of the molecule is CC(C)COC1CCN(C(=O)C(C)N2CCc3ccccc3C2)CC1. The molecule has 1 aromatic carbocycles. The van der Waals surface area contributed by atoms with Crippen molar-refractivity contribution >= 4 is 5.91 Å². The second-order valence-electron chi connectivity index (χ2n) is 7.92. The maximum absolute atomic E-state index is 12.9. The van der Waals surface area contributed by atoms with E-state index in [9.17, 15) is 4.79 Å². The van der Waals surface area contributed by atoms with Gasteiger partial charge in [0, 0.05) is 32.8 Å². The van der Waals surface area contributed by atoms with Crippen LogP contribution in [0.1, 0.15) is 44.7 Å². The molecule has 25 heavy (non-hydrogen) atoms. The zero-order valence-electron chi connectivity index (χ0n) is 15.9. The summed E-state index contributed by atoms with van der Waals surface area (Å²) < 4.78 is 5.94. The fourth-order valence-electron chi connectivity index (χ4n) is 3.84. The molecule has 0 aliphatic carbocycles. The van der Waals surface area contributed by atoms with Crippen LogP contribution in [0.5, 0.6) is 0 Å². The van der Waals surface area contributed by atoms with Crippen molar-refractivity contribution in [1.29, 1.82) is 0 Å². The van der Waals surface area contributed by atoms with Gasteiger partial charge in [0.1, 0.15) is 0 Å². The van der Waals surface area contributed by atoms with Gasteiger partial charge in [-0.15, -0.1) is 0 Å². The van der Waals surface area contributed by atoms with Crippen molar-refractivity contribution in [2.75, 3.05) is 26.2 Å². The first-order chi connectivity index (χ1) is 12.0. The van der Waals surface area contributed by atoms with Gasteiger partial charge >= 0.3 is 0 Å². The fraction of sp³-hybridized carbons (Fsp3) is 0.667. The summed E-state index contributed by atoms with van der Waals surface area (Å²) in [6, 6.07) is 8.56. The number of nitrogens with zero attached hydrogens (tertiary/aromatic N) is 2. The van der Waals surface area contributed by atoms with Crippen LogP contribution in [0, 0.1) is 5.92 Å². The molecular weight excluding hydrogens is 312 g/mol. The van der Waals surface area contributed by atoms with Crippen LogP contribution in [0.4, 0.5) is 0 Å². The average Bonchev–Trinajstić information content (AvgIpc) is 2.65. The number of amides is 1. The molecule has 0 N–H and O–H groups in total. The lowest BCUT2D eigenvalue weighted by Gasteiger charge is -2.38. The third-order valence-corrected chi connectivity index (χ3v) is 5.48. The van der Waals surface area contributed by atoms with E-state index in [1.54, 1.807) is 0 Å². The quantitative estimate of drug-likeness (QED) is 0.823. The van der Waals surface area contributed by atoms with Gasteiger partial charge in [0.25, 0.3) is 0 Å². The molecule has 0 radical (unpaired) electrons. The molecule has 0 bridgehead atoms. The first-order valence-corrected chi connectivity index (χ1v) is 9.76. The van der Waals surface area contributed by atoms with Gasteiger partial charge in [-0.05, 0) is 43.2 Å². The van der Waals surface area contributed by atoms with Gasteiger partial charge in [-0.2, -0.15) is 0 Å². The summed E-state index contributed by atoms with van der Waals surface area (Å²) >= 11 is 0. The Labute approximate surface area is 152 Å².